The van der Waals surface area contributed by atoms with Gasteiger partial charge in [-0.25, -0.2) is 4.79 Å². The molecule has 0 bridgehead atoms. The summed E-state index contributed by atoms with van der Waals surface area (Å²) in [5, 5.41) is 13.7. The van der Waals surface area contributed by atoms with Gasteiger partial charge in [0.1, 0.15) is 11.3 Å². The van der Waals surface area contributed by atoms with Crippen molar-refractivity contribution in [1.82, 2.24) is 4.90 Å². The van der Waals surface area contributed by atoms with E-state index in [4.69, 9.17) is 9.47 Å². The number of nitrogens with zero attached hydrogens (tertiary/aromatic N) is 1. The highest BCUT2D eigenvalue weighted by Crippen LogP contribution is 2.29. The van der Waals surface area contributed by atoms with Crippen molar-refractivity contribution in [1.29, 1.82) is 0 Å². The second-order valence-electron chi connectivity index (χ2n) is 6.15. The van der Waals surface area contributed by atoms with E-state index in [-0.39, 0.29) is 17.2 Å². The Balaban J connectivity index is 1.66. The van der Waals surface area contributed by atoms with Gasteiger partial charge in [-0.05, 0) is 22.9 Å². The second-order valence-corrected chi connectivity index (χ2v) is 7.18. The van der Waals surface area contributed by atoms with Gasteiger partial charge in [0.05, 0.1) is 13.2 Å². The van der Waals surface area contributed by atoms with Crippen LogP contribution in [-0.2, 0) is 20.8 Å². The highest BCUT2D eigenvalue weighted by Gasteiger charge is 2.19. The molecule has 0 unspecified atom stereocenters. The molecule has 0 radical (unpaired) electrons. The van der Waals surface area contributed by atoms with Gasteiger partial charge in [-0.3, -0.25) is 4.79 Å². The van der Waals surface area contributed by atoms with Gasteiger partial charge < -0.3 is 19.5 Å². The Morgan fingerprint density at radius 2 is 1.93 bits per heavy atom. The maximum Gasteiger partial charge on any atom is 0.342 e. The second kappa shape index (κ2) is 9.34. The van der Waals surface area contributed by atoms with Crippen LogP contribution in [0.15, 0.2) is 53.9 Å². The summed E-state index contributed by atoms with van der Waals surface area (Å²) in [6, 6.07) is 14.3. The molecule has 0 saturated carbocycles. The number of amides is 1. The van der Waals surface area contributed by atoms with E-state index in [1.165, 1.54) is 6.07 Å². The predicted molar refractivity (Wildman–Crippen MR) is 108 cm³/mol. The average molecular weight is 399 g/mol. The number of esters is 1. The summed E-state index contributed by atoms with van der Waals surface area (Å²) in [6.45, 7) is 0.807. The van der Waals surface area contributed by atoms with E-state index in [9.17, 15) is 14.7 Å². The number of hydrogen-bond acceptors (Lipinski definition) is 6. The predicted octanol–water partition coefficient (Wildman–Crippen LogP) is 3.44. The lowest BCUT2D eigenvalue weighted by Gasteiger charge is -2.21. The Morgan fingerprint density at radius 3 is 2.68 bits per heavy atom. The van der Waals surface area contributed by atoms with Crippen molar-refractivity contribution in [3.63, 3.8) is 0 Å². The molecule has 28 heavy (non-hydrogen) atoms. The van der Waals surface area contributed by atoms with E-state index < -0.39 is 12.6 Å². The molecule has 0 fully saturated rings. The van der Waals surface area contributed by atoms with Gasteiger partial charge in [-0.2, -0.15) is 0 Å². The lowest BCUT2D eigenvalue weighted by Crippen LogP contribution is -2.36. The number of aromatic hydroxyl groups is 1. The third-order valence-corrected chi connectivity index (χ3v) is 5.15. The van der Waals surface area contributed by atoms with Crippen molar-refractivity contribution in [3.8, 4) is 5.75 Å². The number of benzene rings is 2. The SMILES string of the molecule is COCCN(Cc1cccs1)C(=O)COC(=O)c1ccc2ccccc2c1O. The Kier molecular flexibility index (Phi) is 6.62. The van der Waals surface area contributed by atoms with E-state index in [1.807, 2.05) is 29.6 Å². The van der Waals surface area contributed by atoms with Gasteiger partial charge in [-0.15, -0.1) is 11.3 Å². The number of methoxy groups -OCH3 is 1. The number of ether oxygens (including phenoxy) is 2. The average Bonchev–Trinajstić information content (AvgIpc) is 3.22. The van der Waals surface area contributed by atoms with Crippen molar-refractivity contribution >= 4 is 34.0 Å². The molecule has 0 aliphatic heterocycles. The van der Waals surface area contributed by atoms with Crippen LogP contribution in [0.3, 0.4) is 0 Å². The van der Waals surface area contributed by atoms with Crippen LogP contribution >= 0.6 is 11.3 Å². The summed E-state index contributed by atoms with van der Waals surface area (Å²) >= 11 is 1.55. The summed E-state index contributed by atoms with van der Waals surface area (Å²) in [7, 11) is 1.57. The fourth-order valence-corrected chi connectivity index (χ4v) is 3.52. The van der Waals surface area contributed by atoms with Gasteiger partial charge in [0.25, 0.3) is 5.91 Å². The van der Waals surface area contributed by atoms with E-state index in [1.54, 1.807) is 41.5 Å². The Hall–Kier alpha value is -2.90. The number of carbonyl (C=O) groups excluding carboxylic acids is 2. The largest absolute Gasteiger partial charge is 0.506 e. The summed E-state index contributed by atoms with van der Waals surface area (Å²) in [4.78, 5) is 27.6. The fraction of sp³-hybridized carbons (Fsp3) is 0.238. The summed E-state index contributed by atoms with van der Waals surface area (Å²) in [6.07, 6.45) is 0. The van der Waals surface area contributed by atoms with Gasteiger partial charge in [0.15, 0.2) is 6.61 Å². The summed E-state index contributed by atoms with van der Waals surface area (Å²) < 4.78 is 10.2. The smallest absolute Gasteiger partial charge is 0.342 e. The first-order valence-corrected chi connectivity index (χ1v) is 9.65. The molecule has 1 aromatic heterocycles. The molecule has 6 nitrogen and oxygen atoms in total. The summed E-state index contributed by atoms with van der Waals surface area (Å²) in [5.74, 6) is -1.20. The molecule has 0 aliphatic carbocycles. The lowest BCUT2D eigenvalue weighted by molar-refractivity contribution is -0.135. The first kappa shape index (κ1) is 19.9. The number of phenolic OH excluding ortho intramolecular Hbond substituents is 1. The van der Waals surface area contributed by atoms with Gasteiger partial charge in [0, 0.05) is 23.9 Å². The van der Waals surface area contributed by atoms with Gasteiger partial charge in [0.2, 0.25) is 0 Å². The highest BCUT2D eigenvalue weighted by molar-refractivity contribution is 7.09. The molecule has 1 amide bonds. The molecule has 146 valence electrons. The van der Waals surface area contributed by atoms with Crippen molar-refractivity contribution in [2.75, 3.05) is 26.9 Å². The van der Waals surface area contributed by atoms with E-state index >= 15 is 0 Å². The van der Waals surface area contributed by atoms with Crippen LogP contribution in [0.5, 0.6) is 5.75 Å². The quantitative estimate of drug-likeness (QED) is 0.587. The molecule has 0 atom stereocenters. The first-order valence-electron chi connectivity index (χ1n) is 8.77. The van der Waals surface area contributed by atoms with Gasteiger partial charge in [-0.1, -0.05) is 36.4 Å². The standard InChI is InChI=1S/C21H21NO5S/c1-26-11-10-22(13-16-6-4-12-28-16)19(23)14-27-21(25)18-9-8-15-5-2-3-7-17(15)20(18)24/h2-9,12,24H,10-11,13-14H2,1H3. The number of carbonyl (C=O) groups is 2. The zero-order valence-corrected chi connectivity index (χ0v) is 16.3. The minimum atomic E-state index is -0.737. The molecule has 0 saturated heterocycles. The zero-order chi connectivity index (χ0) is 19.9. The van der Waals surface area contributed by atoms with Crippen molar-refractivity contribution < 1.29 is 24.2 Å². The van der Waals surface area contributed by atoms with Crippen molar-refractivity contribution in [2.45, 2.75) is 6.54 Å². The fourth-order valence-electron chi connectivity index (χ4n) is 2.80. The number of hydrogen-bond donors (Lipinski definition) is 1. The third kappa shape index (κ3) is 4.68. The van der Waals surface area contributed by atoms with Crippen LogP contribution in [0, 0.1) is 0 Å². The van der Waals surface area contributed by atoms with E-state index in [0.717, 1.165) is 10.3 Å². The molecule has 7 heteroatoms. The van der Waals surface area contributed by atoms with Crippen LogP contribution in [0.25, 0.3) is 10.8 Å². The molecule has 3 aromatic rings. The maximum atomic E-state index is 12.5. The minimum absolute atomic E-state index is 0.0354. The Labute approximate surface area is 166 Å². The highest BCUT2D eigenvalue weighted by atomic mass is 32.1. The normalized spacial score (nSPS) is 10.8. The van der Waals surface area contributed by atoms with Gasteiger partial charge >= 0.3 is 5.97 Å². The topological polar surface area (TPSA) is 76.1 Å². The van der Waals surface area contributed by atoms with E-state index in [2.05, 4.69) is 0 Å². The molecule has 2 aromatic carbocycles. The number of thiophene rings is 1. The molecule has 0 spiro atoms. The van der Waals surface area contributed by atoms with Crippen LogP contribution in [0.4, 0.5) is 0 Å². The van der Waals surface area contributed by atoms with Crippen molar-refractivity contribution in [3.05, 3.63) is 64.4 Å². The van der Waals surface area contributed by atoms with Crippen LogP contribution in [0.2, 0.25) is 0 Å². The first-order chi connectivity index (χ1) is 13.6. The molecule has 0 aliphatic rings. The minimum Gasteiger partial charge on any atom is -0.506 e. The third-order valence-electron chi connectivity index (χ3n) is 4.29. The van der Waals surface area contributed by atoms with Crippen LogP contribution < -0.4 is 0 Å². The van der Waals surface area contributed by atoms with Crippen molar-refractivity contribution in [2.24, 2.45) is 0 Å². The zero-order valence-electron chi connectivity index (χ0n) is 15.5. The lowest BCUT2D eigenvalue weighted by atomic mass is 10.1. The molecule has 3 rings (SSSR count). The molecular formula is C21H21NO5S. The number of phenols is 1. The summed E-state index contributed by atoms with van der Waals surface area (Å²) in [5.41, 5.74) is 0.0354. The van der Waals surface area contributed by atoms with Crippen LogP contribution in [0.1, 0.15) is 15.2 Å². The Morgan fingerprint density at radius 1 is 1.11 bits per heavy atom. The number of rotatable bonds is 8. The monoisotopic (exact) mass is 399 g/mol. The Bertz CT molecular complexity index is 955. The van der Waals surface area contributed by atoms with Crippen LogP contribution in [-0.4, -0.2) is 48.8 Å². The molecular weight excluding hydrogens is 378 g/mol. The number of fused-ring (bicyclic) bond motifs is 1. The molecule has 1 heterocycles. The maximum absolute atomic E-state index is 12.5. The van der Waals surface area contributed by atoms with E-state index in [0.29, 0.717) is 25.1 Å². The molecule has 1 N–H and O–H groups in total.